The maximum Gasteiger partial charge on any atom is 0.232 e. The van der Waals surface area contributed by atoms with E-state index in [1.54, 1.807) is 0 Å². The molecule has 5 heteroatoms. The van der Waals surface area contributed by atoms with Gasteiger partial charge in [0, 0.05) is 31.0 Å². The lowest BCUT2D eigenvalue weighted by molar-refractivity contribution is -0.138. The molecule has 3 rings (SSSR count). The molecule has 1 aliphatic heterocycles. The molecule has 2 aromatic rings. The van der Waals surface area contributed by atoms with Crippen LogP contribution in [-0.4, -0.2) is 33.9 Å². The first-order chi connectivity index (χ1) is 12.0. The number of rotatable bonds is 4. The fourth-order valence-corrected chi connectivity index (χ4v) is 3.45. The summed E-state index contributed by atoms with van der Waals surface area (Å²) in [6.45, 7) is 7.20. The second-order valence-electron chi connectivity index (χ2n) is 6.93. The largest absolute Gasteiger partial charge is 0.353 e. The maximum absolute atomic E-state index is 12.8. The zero-order valence-electron chi connectivity index (χ0n) is 15.0. The summed E-state index contributed by atoms with van der Waals surface area (Å²) in [4.78, 5) is 26.7. The molecule has 0 spiro atoms. The zero-order valence-corrected chi connectivity index (χ0v) is 15.0. The quantitative estimate of drug-likeness (QED) is 0.871. The molecule has 0 saturated carbocycles. The fourth-order valence-electron chi connectivity index (χ4n) is 3.45. The van der Waals surface area contributed by atoms with Crippen molar-refractivity contribution in [2.45, 2.75) is 45.8 Å². The van der Waals surface area contributed by atoms with Crippen LogP contribution in [0.2, 0.25) is 0 Å². The van der Waals surface area contributed by atoms with Crippen molar-refractivity contribution in [2.75, 3.05) is 6.54 Å². The number of carbonyl (C=O) groups excluding carboxylic acids is 2. The van der Waals surface area contributed by atoms with E-state index in [4.69, 9.17) is 0 Å². The Morgan fingerprint density at radius 2 is 2.00 bits per heavy atom. The highest BCUT2D eigenvalue weighted by atomic mass is 16.2. The van der Waals surface area contributed by atoms with Gasteiger partial charge in [0.25, 0.3) is 0 Å². The van der Waals surface area contributed by atoms with Crippen LogP contribution in [0.25, 0.3) is 0 Å². The number of nitrogens with zero attached hydrogens (tertiary/aromatic N) is 2. The number of aromatic nitrogens is 1. The fraction of sp³-hybridized carbons (Fsp3) is 0.400. The van der Waals surface area contributed by atoms with E-state index in [9.17, 15) is 9.59 Å². The van der Waals surface area contributed by atoms with Crippen molar-refractivity contribution >= 4 is 11.8 Å². The van der Waals surface area contributed by atoms with Crippen molar-refractivity contribution in [3.63, 3.8) is 0 Å². The molecule has 0 saturated heterocycles. The van der Waals surface area contributed by atoms with Crippen LogP contribution in [0.5, 0.6) is 0 Å². The minimum absolute atomic E-state index is 0.0338. The maximum atomic E-state index is 12.8. The van der Waals surface area contributed by atoms with Crippen molar-refractivity contribution in [3.05, 3.63) is 59.4 Å². The van der Waals surface area contributed by atoms with Gasteiger partial charge in [-0.25, -0.2) is 0 Å². The Morgan fingerprint density at radius 1 is 1.20 bits per heavy atom. The Labute approximate surface area is 148 Å². The van der Waals surface area contributed by atoms with Gasteiger partial charge in [-0.1, -0.05) is 29.8 Å². The Kier molecular flexibility index (Phi) is 4.93. The number of hydrogen-bond acceptors (Lipinski definition) is 2. The normalized spacial score (nSPS) is 16.6. The van der Waals surface area contributed by atoms with Gasteiger partial charge in [-0.3, -0.25) is 9.59 Å². The van der Waals surface area contributed by atoms with Crippen LogP contribution in [0.1, 0.15) is 43.1 Å². The molecule has 132 valence electrons. The highest BCUT2D eigenvalue weighted by molar-refractivity contribution is 5.97. The number of carbonyl (C=O) groups is 2. The number of aryl methyl sites for hydroxylation is 1. The zero-order chi connectivity index (χ0) is 18.0. The van der Waals surface area contributed by atoms with Crippen molar-refractivity contribution in [1.82, 2.24) is 14.8 Å². The van der Waals surface area contributed by atoms with Gasteiger partial charge >= 0.3 is 0 Å². The predicted molar refractivity (Wildman–Crippen MR) is 97.1 cm³/mol. The summed E-state index contributed by atoms with van der Waals surface area (Å²) in [6, 6.07) is 12.2. The molecule has 0 unspecified atom stereocenters. The molecule has 1 aliphatic rings. The second kappa shape index (κ2) is 7.13. The Balaban J connectivity index is 1.89. The van der Waals surface area contributed by atoms with Crippen molar-refractivity contribution < 1.29 is 9.59 Å². The van der Waals surface area contributed by atoms with E-state index >= 15 is 0 Å². The van der Waals surface area contributed by atoms with E-state index in [0.717, 1.165) is 23.4 Å². The van der Waals surface area contributed by atoms with E-state index in [1.807, 2.05) is 50.1 Å². The molecular weight excluding hydrogens is 314 g/mol. The van der Waals surface area contributed by atoms with Crippen LogP contribution in [0, 0.1) is 6.92 Å². The Hall–Kier alpha value is -2.56. The smallest absolute Gasteiger partial charge is 0.232 e. The van der Waals surface area contributed by atoms with E-state index < -0.39 is 0 Å². The lowest BCUT2D eigenvalue weighted by Crippen LogP contribution is -2.44. The van der Waals surface area contributed by atoms with Crippen LogP contribution in [0.15, 0.2) is 42.6 Å². The predicted octanol–water partition coefficient (Wildman–Crippen LogP) is 2.64. The number of amides is 2. The van der Waals surface area contributed by atoms with E-state index in [1.165, 1.54) is 0 Å². The van der Waals surface area contributed by atoms with Crippen molar-refractivity contribution in [1.29, 1.82) is 0 Å². The van der Waals surface area contributed by atoms with Gasteiger partial charge in [0.2, 0.25) is 11.8 Å². The summed E-state index contributed by atoms with van der Waals surface area (Å²) in [6.07, 6.45) is 1.94. The molecule has 0 fully saturated rings. The third-order valence-corrected chi connectivity index (χ3v) is 4.48. The lowest BCUT2D eigenvalue weighted by Gasteiger charge is -2.37. The number of fused-ring (bicyclic) bond motifs is 1. The third kappa shape index (κ3) is 3.76. The van der Waals surface area contributed by atoms with Gasteiger partial charge in [0.1, 0.15) is 6.42 Å². The van der Waals surface area contributed by atoms with Gasteiger partial charge in [0.15, 0.2) is 0 Å². The molecule has 0 bridgehead atoms. The highest BCUT2D eigenvalue weighted by Gasteiger charge is 2.32. The molecule has 1 aromatic carbocycles. The number of hydrogen-bond donors (Lipinski definition) is 1. The molecule has 2 heterocycles. The monoisotopic (exact) mass is 339 g/mol. The third-order valence-electron chi connectivity index (χ3n) is 4.48. The number of benzene rings is 1. The standard InChI is InChI=1S/C20H25N3O2/c1-14(2)21-18(24)13-19(25)23-11-10-22-9-5-8-17(22)20(23)16-7-4-6-15(3)12-16/h4-9,12,14,20H,10-11,13H2,1-3H3,(H,21,24)/t20-/m1/s1. The van der Waals surface area contributed by atoms with E-state index in [2.05, 4.69) is 28.1 Å². The van der Waals surface area contributed by atoms with Crippen LogP contribution < -0.4 is 5.32 Å². The van der Waals surface area contributed by atoms with E-state index in [0.29, 0.717) is 6.54 Å². The SMILES string of the molecule is Cc1cccc([C@@H]2c3cccn3CCN2C(=O)CC(=O)NC(C)C)c1. The minimum Gasteiger partial charge on any atom is -0.353 e. The first kappa shape index (κ1) is 17.3. The second-order valence-corrected chi connectivity index (χ2v) is 6.93. The molecule has 2 amide bonds. The molecule has 1 atom stereocenters. The average molecular weight is 339 g/mol. The summed E-state index contributed by atoms with van der Waals surface area (Å²) in [5.41, 5.74) is 3.33. The van der Waals surface area contributed by atoms with Gasteiger partial charge in [-0.05, 0) is 38.5 Å². The summed E-state index contributed by atoms with van der Waals surface area (Å²) >= 11 is 0. The summed E-state index contributed by atoms with van der Waals surface area (Å²) in [7, 11) is 0. The molecule has 0 radical (unpaired) electrons. The molecule has 5 nitrogen and oxygen atoms in total. The van der Waals surface area contributed by atoms with Crippen LogP contribution in [0.4, 0.5) is 0 Å². The molecule has 1 aromatic heterocycles. The summed E-state index contributed by atoms with van der Waals surface area (Å²) in [5.74, 6) is -0.346. The van der Waals surface area contributed by atoms with Gasteiger partial charge in [-0.2, -0.15) is 0 Å². The van der Waals surface area contributed by atoms with Crippen molar-refractivity contribution in [2.24, 2.45) is 0 Å². The number of nitrogens with one attached hydrogen (secondary N) is 1. The first-order valence-electron chi connectivity index (χ1n) is 8.76. The van der Waals surface area contributed by atoms with Crippen LogP contribution in [-0.2, 0) is 16.1 Å². The summed E-state index contributed by atoms with van der Waals surface area (Å²) < 4.78 is 2.19. The molecule has 0 aliphatic carbocycles. The van der Waals surface area contributed by atoms with E-state index in [-0.39, 0.29) is 30.3 Å². The van der Waals surface area contributed by atoms with Crippen molar-refractivity contribution in [3.8, 4) is 0 Å². The first-order valence-corrected chi connectivity index (χ1v) is 8.76. The van der Waals surface area contributed by atoms with Crippen LogP contribution in [0.3, 0.4) is 0 Å². The molecule has 1 N–H and O–H groups in total. The van der Waals surface area contributed by atoms with Gasteiger partial charge in [0.05, 0.1) is 6.04 Å². The van der Waals surface area contributed by atoms with Crippen LogP contribution >= 0.6 is 0 Å². The lowest BCUT2D eigenvalue weighted by atomic mass is 9.98. The Morgan fingerprint density at radius 3 is 2.72 bits per heavy atom. The minimum atomic E-state index is -0.219. The average Bonchev–Trinajstić information content (AvgIpc) is 3.01. The molecular formula is C20H25N3O2. The Bertz CT molecular complexity index is 779. The molecule has 25 heavy (non-hydrogen) atoms. The topological polar surface area (TPSA) is 54.3 Å². The van der Waals surface area contributed by atoms with Gasteiger partial charge in [-0.15, -0.1) is 0 Å². The van der Waals surface area contributed by atoms with Gasteiger partial charge < -0.3 is 14.8 Å². The summed E-state index contributed by atoms with van der Waals surface area (Å²) in [5, 5.41) is 2.80. The highest BCUT2D eigenvalue weighted by Crippen LogP contribution is 2.33.